The van der Waals surface area contributed by atoms with Crippen LogP contribution in [0.3, 0.4) is 0 Å². The molecule has 0 aliphatic carbocycles. The van der Waals surface area contributed by atoms with Crippen LogP contribution < -0.4 is 15.8 Å². The number of esters is 1. The van der Waals surface area contributed by atoms with Gasteiger partial charge in [-0.1, -0.05) is 18.2 Å². The van der Waals surface area contributed by atoms with E-state index in [1.807, 2.05) is 0 Å². The number of carbonyl (C=O) groups is 4. The number of nitrogens with one attached hydrogen (secondary N) is 2. The largest absolute Gasteiger partial charge is 0.468 e. The van der Waals surface area contributed by atoms with E-state index in [-0.39, 0.29) is 6.54 Å². The highest BCUT2D eigenvalue weighted by molar-refractivity contribution is 6.02. The Balaban J connectivity index is 2.91. The number of hydrogen-bond donors (Lipinski definition) is 2. The maximum atomic E-state index is 12.0. The predicted molar refractivity (Wildman–Crippen MR) is 77.7 cm³/mol. The van der Waals surface area contributed by atoms with Crippen LogP contribution in [0.1, 0.15) is 6.92 Å². The molecule has 0 saturated carbocycles. The van der Waals surface area contributed by atoms with E-state index in [2.05, 4.69) is 15.5 Å². The molecule has 0 fully saturated rings. The van der Waals surface area contributed by atoms with Gasteiger partial charge in [-0.15, -0.1) is 0 Å². The Morgan fingerprint density at radius 1 is 1.27 bits per heavy atom. The molecule has 0 spiro atoms. The molecule has 1 unspecified atom stereocenters. The zero-order chi connectivity index (χ0) is 16.5. The summed E-state index contributed by atoms with van der Waals surface area (Å²) in [6.45, 7) is 1.15. The number of methoxy groups -OCH3 is 1. The maximum absolute atomic E-state index is 12.0. The number of amides is 3. The van der Waals surface area contributed by atoms with Crippen molar-refractivity contribution in [2.75, 3.05) is 18.7 Å². The number of para-hydroxylation sites is 1. The second-order valence-corrected chi connectivity index (χ2v) is 4.24. The van der Waals surface area contributed by atoms with E-state index in [0.29, 0.717) is 12.0 Å². The van der Waals surface area contributed by atoms with E-state index >= 15 is 0 Å². The summed E-state index contributed by atoms with van der Waals surface area (Å²) in [4.78, 5) is 45.7. The van der Waals surface area contributed by atoms with E-state index in [1.165, 1.54) is 6.92 Å². The second-order valence-electron chi connectivity index (χ2n) is 4.24. The van der Waals surface area contributed by atoms with Crippen LogP contribution in [0.15, 0.2) is 30.3 Å². The molecule has 22 heavy (non-hydrogen) atoms. The Morgan fingerprint density at radius 2 is 1.91 bits per heavy atom. The minimum Gasteiger partial charge on any atom is -0.468 e. The van der Waals surface area contributed by atoms with Crippen LogP contribution >= 0.6 is 0 Å². The topological polar surface area (TPSA) is 105 Å². The van der Waals surface area contributed by atoms with E-state index in [9.17, 15) is 19.2 Å². The Hall–Kier alpha value is -2.90. The first-order chi connectivity index (χ1) is 10.5. The lowest BCUT2D eigenvalue weighted by Gasteiger charge is -2.24. The van der Waals surface area contributed by atoms with Gasteiger partial charge in [-0.3, -0.25) is 15.0 Å². The van der Waals surface area contributed by atoms with Crippen molar-refractivity contribution in [1.29, 1.82) is 0 Å². The second kappa shape index (κ2) is 8.40. The zero-order valence-corrected chi connectivity index (χ0v) is 12.2. The standard InChI is InChI=1S/C14H17N3O5/c1-10(13(20)22-2)12(19)16-17(14(21)15-8-9-18)11-6-4-3-5-7-11/h3-7,9-10H,8H2,1-2H3,(H,15,21)(H,16,19). The number of rotatable bonds is 5. The molecule has 3 amide bonds. The number of benzene rings is 1. The summed E-state index contributed by atoms with van der Waals surface area (Å²) in [6.07, 6.45) is 0.514. The fraction of sp³-hybridized carbons (Fsp3) is 0.286. The maximum Gasteiger partial charge on any atom is 0.341 e. The summed E-state index contributed by atoms with van der Waals surface area (Å²) >= 11 is 0. The van der Waals surface area contributed by atoms with Gasteiger partial charge in [0.1, 0.15) is 12.2 Å². The first-order valence-corrected chi connectivity index (χ1v) is 6.46. The number of hydrogen-bond acceptors (Lipinski definition) is 5. The van der Waals surface area contributed by atoms with E-state index in [1.54, 1.807) is 30.3 Å². The first-order valence-electron chi connectivity index (χ1n) is 6.46. The molecule has 1 rings (SSSR count). The van der Waals surface area contributed by atoms with Gasteiger partial charge in [0.15, 0.2) is 0 Å². The quantitative estimate of drug-likeness (QED) is 0.351. The van der Waals surface area contributed by atoms with Crippen molar-refractivity contribution in [3.05, 3.63) is 30.3 Å². The molecule has 0 aliphatic rings. The van der Waals surface area contributed by atoms with Gasteiger partial charge in [-0.05, 0) is 19.1 Å². The van der Waals surface area contributed by atoms with Crippen LogP contribution in [0, 0.1) is 5.92 Å². The molecule has 0 aromatic heterocycles. The highest BCUT2D eigenvalue weighted by Gasteiger charge is 2.26. The zero-order valence-electron chi connectivity index (χ0n) is 12.2. The van der Waals surface area contributed by atoms with Gasteiger partial charge < -0.3 is 14.8 Å². The molecular formula is C14H17N3O5. The van der Waals surface area contributed by atoms with Crippen molar-refractivity contribution in [1.82, 2.24) is 10.7 Å². The average molecular weight is 307 g/mol. The first kappa shape index (κ1) is 17.2. The highest BCUT2D eigenvalue weighted by Crippen LogP contribution is 2.12. The number of carbonyl (C=O) groups excluding carboxylic acids is 4. The summed E-state index contributed by atoms with van der Waals surface area (Å²) in [6, 6.07) is 7.55. The van der Waals surface area contributed by atoms with Crippen LogP contribution in [-0.4, -0.2) is 37.8 Å². The summed E-state index contributed by atoms with van der Waals surface area (Å²) in [5.41, 5.74) is 2.69. The van der Waals surface area contributed by atoms with Crippen LogP contribution in [0.4, 0.5) is 10.5 Å². The number of nitrogens with zero attached hydrogens (tertiary/aromatic N) is 1. The summed E-state index contributed by atoms with van der Waals surface area (Å²) in [5, 5.41) is 3.23. The molecule has 8 heteroatoms. The Kier molecular flexibility index (Phi) is 6.55. The van der Waals surface area contributed by atoms with Crippen molar-refractivity contribution in [2.45, 2.75) is 6.92 Å². The highest BCUT2D eigenvalue weighted by atomic mass is 16.5. The minimum absolute atomic E-state index is 0.204. The number of hydrazine groups is 1. The molecule has 0 heterocycles. The Labute approximate surface area is 127 Å². The van der Waals surface area contributed by atoms with E-state index < -0.39 is 23.8 Å². The molecule has 8 nitrogen and oxygen atoms in total. The van der Waals surface area contributed by atoms with Gasteiger partial charge in [0.25, 0.3) is 5.91 Å². The Bertz CT molecular complexity index is 547. The molecule has 1 aromatic rings. The van der Waals surface area contributed by atoms with Gasteiger partial charge >= 0.3 is 12.0 Å². The van der Waals surface area contributed by atoms with Gasteiger partial charge in [-0.2, -0.15) is 0 Å². The lowest BCUT2D eigenvalue weighted by atomic mass is 10.2. The monoisotopic (exact) mass is 307 g/mol. The van der Waals surface area contributed by atoms with Gasteiger partial charge in [0.2, 0.25) is 0 Å². The lowest BCUT2D eigenvalue weighted by Crippen LogP contribution is -2.53. The molecular weight excluding hydrogens is 290 g/mol. The normalized spacial score (nSPS) is 11.0. The fourth-order valence-corrected chi connectivity index (χ4v) is 1.51. The molecule has 1 atom stereocenters. The van der Waals surface area contributed by atoms with Crippen molar-refractivity contribution in [3.63, 3.8) is 0 Å². The average Bonchev–Trinajstić information content (AvgIpc) is 2.56. The number of urea groups is 1. The number of ether oxygens (including phenoxy) is 1. The predicted octanol–water partition coefficient (Wildman–Crippen LogP) is 0.242. The number of anilines is 1. The van der Waals surface area contributed by atoms with Gasteiger partial charge in [0.05, 0.1) is 19.3 Å². The van der Waals surface area contributed by atoms with Crippen LogP contribution in [0.25, 0.3) is 0 Å². The van der Waals surface area contributed by atoms with Crippen molar-refractivity contribution < 1.29 is 23.9 Å². The van der Waals surface area contributed by atoms with E-state index in [4.69, 9.17) is 0 Å². The van der Waals surface area contributed by atoms with Crippen molar-refractivity contribution >= 4 is 29.9 Å². The van der Waals surface area contributed by atoms with Crippen molar-refractivity contribution in [2.24, 2.45) is 5.92 Å². The molecule has 0 saturated heterocycles. The van der Waals surface area contributed by atoms with Crippen LogP contribution in [-0.2, 0) is 19.1 Å². The molecule has 0 aliphatic heterocycles. The van der Waals surface area contributed by atoms with Crippen molar-refractivity contribution in [3.8, 4) is 0 Å². The summed E-state index contributed by atoms with van der Waals surface area (Å²) < 4.78 is 4.48. The SMILES string of the molecule is COC(=O)C(C)C(=O)NN(C(=O)NCC=O)c1ccccc1. The third-order valence-electron chi connectivity index (χ3n) is 2.72. The molecule has 0 radical (unpaired) electrons. The number of aldehydes is 1. The Morgan fingerprint density at radius 3 is 2.45 bits per heavy atom. The molecule has 118 valence electrons. The molecule has 0 bridgehead atoms. The van der Waals surface area contributed by atoms with Gasteiger partial charge in [0, 0.05) is 0 Å². The third-order valence-corrected chi connectivity index (χ3v) is 2.72. The molecule has 1 aromatic carbocycles. The minimum atomic E-state index is -1.09. The summed E-state index contributed by atoms with van der Waals surface area (Å²) in [5.74, 6) is -2.52. The van der Waals surface area contributed by atoms with Crippen LogP contribution in [0.5, 0.6) is 0 Å². The molecule has 2 N–H and O–H groups in total. The lowest BCUT2D eigenvalue weighted by molar-refractivity contribution is -0.149. The fourth-order valence-electron chi connectivity index (χ4n) is 1.51. The van der Waals surface area contributed by atoms with Crippen LogP contribution in [0.2, 0.25) is 0 Å². The summed E-state index contributed by atoms with van der Waals surface area (Å²) in [7, 11) is 1.16. The van der Waals surface area contributed by atoms with E-state index in [0.717, 1.165) is 12.1 Å². The van der Waals surface area contributed by atoms with Gasteiger partial charge in [-0.25, -0.2) is 9.80 Å². The third kappa shape index (κ3) is 4.58. The smallest absolute Gasteiger partial charge is 0.341 e.